The summed E-state index contributed by atoms with van der Waals surface area (Å²) in [5.41, 5.74) is 5.22. The summed E-state index contributed by atoms with van der Waals surface area (Å²) in [6.07, 6.45) is 2.18. The number of pyridine rings is 2. The van der Waals surface area contributed by atoms with Gasteiger partial charge in [-0.3, -0.25) is 14.6 Å². The van der Waals surface area contributed by atoms with Crippen molar-refractivity contribution in [1.82, 2.24) is 15.0 Å². The Balaban J connectivity index is 1.57. The van der Waals surface area contributed by atoms with Crippen LogP contribution in [0.1, 0.15) is 30.5 Å². The second-order valence-corrected chi connectivity index (χ2v) is 8.66. The van der Waals surface area contributed by atoms with Crippen LogP contribution in [-0.4, -0.2) is 26.6 Å². The molecule has 0 spiro atoms. The zero-order chi connectivity index (χ0) is 23.9. The van der Waals surface area contributed by atoms with Crippen LogP contribution in [0.3, 0.4) is 0 Å². The van der Waals surface area contributed by atoms with Gasteiger partial charge in [-0.2, -0.15) is 5.10 Å². The number of amides is 1. The van der Waals surface area contributed by atoms with Gasteiger partial charge in [0, 0.05) is 41.4 Å². The molecule has 0 bridgehead atoms. The summed E-state index contributed by atoms with van der Waals surface area (Å²) in [7, 11) is 0. The van der Waals surface area contributed by atoms with E-state index in [9.17, 15) is 9.59 Å². The molecule has 0 saturated carbocycles. The highest BCUT2D eigenvalue weighted by atomic mass is 16.2. The minimum absolute atomic E-state index is 0.177. The smallest absolute Gasteiger partial charge is 0.258 e. The summed E-state index contributed by atoms with van der Waals surface area (Å²) in [6.45, 7) is 1.51. The van der Waals surface area contributed by atoms with E-state index in [2.05, 4.69) is 9.97 Å². The Kier molecular flexibility index (Phi) is 4.99. The van der Waals surface area contributed by atoms with Gasteiger partial charge in [0.2, 0.25) is 5.91 Å². The molecule has 1 amide bonds. The maximum atomic E-state index is 13.5. The molecule has 0 radical (unpaired) electrons. The number of H-pyrrole nitrogens is 1. The summed E-state index contributed by atoms with van der Waals surface area (Å²) >= 11 is 0. The van der Waals surface area contributed by atoms with Gasteiger partial charge in [0.1, 0.15) is 0 Å². The monoisotopic (exact) mass is 458 g/mol. The van der Waals surface area contributed by atoms with E-state index in [1.54, 1.807) is 6.20 Å². The van der Waals surface area contributed by atoms with Crippen molar-refractivity contribution >= 4 is 33.4 Å². The quantitative estimate of drug-likeness (QED) is 0.391. The average Bonchev–Trinajstić information content (AvgIpc) is 3.33. The van der Waals surface area contributed by atoms with Gasteiger partial charge in [-0.05, 0) is 29.3 Å². The van der Waals surface area contributed by atoms with Gasteiger partial charge in [-0.25, -0.2) is 5.01 Å². The number of hydrogen-bond acceptors (Lipinski definition) is 4. The number of aromatic nitrogens is 2. The third-order valence-electron chi connectivity index (χ3n) is 6.54. The number of hydrazone groups is 1. The summed E-state index contributed by atoms with van der Waals surface area (Å²) in [5.74, 6) is -0.177. The van der Waals surface area contributed by atoms with E-state index in [-0.39, 0.29) is 17.5 Å². The Hall–Kier alpha value is -4.58. The highest BCUT2D eigenvalue weighted by Gasteiger charge is 2.34. The van der Waals surface area contributed by atoms with Crippen LogP contribution in [0.15, 0.2) is 101 Å². The first-order chi connectivity index (χ1) is 17.1. The fourth-order valence-electron chi connectivity index (χ4n) is 5.03. The molecule has 170 valence electrons. The van der Waals surface area contributed by atoms with Gasteiger partial charge < -0.3 is 4.98 Å². The lowest BCUT2D eigenvalue weighted by Crippen LogP contribution is -2.24. The summed E-state index contributed by atoms with van der Waals surface area (Å²) in [5, 5.41) is 8.14. The third kappa shape index (κ3) is 3.51. The number of hydrogen-bond donors (Lipinski definition) is 1. The molecule has 1 aliphatic rings. The number of rotatable bonds is 3. The average molecular weight is 459 g/mol. The Morgan fingerprint density at radius 1 is 0.886 bits per heavy atom. The zero-order valence-electron chi connectivity index (χ0n) is 19.1. The number of carbonyl (C=O) groups excluding carboxylic acids is 1. The topological polar surface area (TPSA) is 78.4 Å². The molecule has 5 aromatic rings. The van der Waals surface area contributed by atoms with Gasteiger partial charge in [0.05, 0.1) is 22.8 Å². The predicted octanol–water partition coefficient (Wildman–Crippen LogP) is 5.44. The van der Waals surface area contributed by atoms with Crippen LogP contribution in [0.2, 0.25) is 0 Å². The van der Waals surface area contributed by atoms with Crippen LogP contribution in [0.5, 0.6) is 0 Å². The van der Waals surface area contributed by atoms with Gasteiger partial charge in [-0.1, -0.05) is 66.7 Å². The van der Waals surface area contributed by atoms with Crippen LogP contribution in [-0.2, 0) is 4.79 Å². The SMILES string of the molecule is CC(=O)N1N=C(c2c(-c3ccccc3)c3ccccc3[nH]c2=O)CC1c1cccc2ncccc12. The molecule has 0 saturated heterocycles. The number of para-hydroxylation sites is 1. The molecule has 1 atom stereocenters. The Morgan fingerprint density at radius 2 is 1.66 bits per heavy atom. The van der Waals surface area contributed by atoms with Crippen molar-refractivity contribution in [2.45, 2.75) is 19.4 Å². The molecule has 6 rings (SSSR count). The molecule has 2 aromatic heterocycles. The Bertz CT molecular complexity index is 1680. The van der Waals surface area contributed by atoms with Crippen LogP contribution in [0.4, 0.5) is 0 Å². The molecule has 1 N–H and O–H groups in total. The van der Waals surface area contributed by atoms with Crippen molar-refractivity contribution in [3.05, 3.63) is 113 Å². The second kappa shape index (κ2) is 8.33. The minimum Gasteiger partial charge on any atom is -0.321 e. The fourth-order valence-corrected chi connectivity index (χ4v) is 5.03. The van der Waals surface area contributed by atoms with Gasteiger partial charge in [0.15, 0.2) is 0 Å². The lowest BCUT2D eigenvalue weighted by atomic mass is 9.90. The third-order valence-corrected chi connectivity index (χ3v) is 6.54. The normalized spacial score (nSPS) is 15.5. The second-order valence-electron chi connectivity index (χ2n) is 8.66. The van der Waals surface area contributed by atoms with E-state index in [0.717, 1.165) is 38.5 Å². The van der Waals surface area contributed by atoms with Crippen LogP contribution < -0.4 is 5.56 Å². The minimum atomic E-state index is -0.329. The van der Waals surface area contributed by atoms with Crippen LogP contribution in [0.25, 0.3) is 32.9 Å². The first-order valence-electron chi connectivity index (χ1n) is 11.5. The molecule has 0 fully saturated rings. The molecule has 6 nitrogen and oxygen atoms in total. The summed E-state index contributed by atoms with van der Waals surface area (Å²) in [6, 6.07) is 27.1. The van der Waals surface area contributed by atoms with Crippen molar-refractivity contribution in [2.24, 2.45) is 5.10 Å². The Labute approximate surface area is 201 Å². The molecule has 3 aromatic carbocycles. The zero-order valence-corrected chi connectivity index (χ0v) is 19.1. The first-order valence-corrected chi connectivity index (χ1v) is 11.5. The van der Waals surface area contributed by atoms with E-state index in [4.69, 9.17) is 5.10 Å². The largest absolute Gasteiger partial charge is 0.321 e. The number of nitrogens with one attached hydrogen (secondary N) is 1. The number of nitrogens with zero attached hydrogens (tertiary/aromatic N) is 3. The van der Waals surface area contributed by atoms with Crippen molar-refractivity contribution in [1.29, 1.82) is 0 Å². The van der Waals surface area contributed by atoms with Crippen molar-refractivity contribution in [3.63, 3.8) is 0 Å². The van der Waals surface area contributed by atoms with Crippen LogP contribution in [0, 0.1) is 0 Å². The number of benzene rings is 3. The maximum absolute atomic E-state index is 13.5. The maximum Gasteiger partial charge on any atom is 0.258 e. The predicted molar refractivity (Wildman–Crippen MR) is 138 cm³/mol. The Morgan fingerprint density at radius 3 is 2.49 bits per heavy atom. The van der Waals surface area contributed by atoms with Crippen molar-refractivity contribution < 1.29 is 4.79 Å². The van der Waals surface area contributed by atoms with Crippen molar-refractivity contribution in [3.8, 4) is 11.1 Å². The number of fused-ring (bicyclic) bond motifs is 2. The lowest BCUT2D eigenvalue weighted by Gasteiger charge is -2.21. The fraction of sp³-hybridized carbons (Fsp3) is 0.103. The van der Waals surface area contributed by atoms with E-state index >= 15 is 0 Å². The molecule has 1 aliphatic heterocycles. The molecule has 35 heavy (non-hydrogen) atoms. The number of carbonyl (C=O) groups is 1. The van der Waals surface area contributed by atoms with E-state index in [0.29, 0.717) is 17.7 Å². The molecule has 6 heteroatoms. The van der Waals surface area contributed by atoms with Gasteiger partial charge in [-0.15, -0.1) is 0 Å². The van der Waals surface area contributed by atoms with E-state index in [1.807, 2.05) is 84.9 Å². The molecule has 3 heterocycles. The van der Waals surface area contributed by atoms with Crippen LogP contribution >= 0.6 is 0 Å². The standard InChI is InChI=1S/C29H22N4O2/c1-18(34)33-26(21-12-7-15-23-20(21)13-8-16-30-23)17-25(32-33)28-27(19-9-3-2-4-10-19)22-11-5-6-14-24(22)31-29(28)35/h2-16,26H,17H2,1H3,(H,31,35). The molecular weight excluding hydrogens is 436 g/mol. The van der Waals surface area contributed by atoms with E-state index in [1.165, 1.54) is 11.9 Å². The molecule has 0 aliphatic carbocycles. The molecular formula is C29H22N4O2. The highest BCUT2D eigenvalue weighted by Crippen LogP contribution is 2.38. The highest BCUT2D eigenvalue weighted by molar-refractivity contribution is 6.13. The summed E-state index contributed by atoms with van der Waals surface area (Å²) in [4.78, 5) is 33.7. The van der Waals surface area contributed by atoms with E-state index < -0.39 is 0 Å². The molecule has 1 unspecified atom stereocenters. The van der Waals surface area contributed by atoms with Gasteiger partial charge >= 0.3 is 0 Å². The first kappa shape index (κ1) is 21.0. The number of aromatic amines is 1. The lowest BCUT2D eigenvalue weighted by molar-refractivity contribution is -0.130. The van der Waals surface area contributed by atoms with Gasteiger partial charge in [0.25, 0.3) is 5.56 Å². The summed E-state index contributed by atoms with van der Waals surface area (Å²) < 4.78 is 0. The van der Waals surface area contributed by atoms with Crippen molar-refractivity contribution in [2.75, 3.05) is 0 Å².